The largest absolute Gasteiger partial charge is 0.472 e. The van der Waals surface area contributed by atoms with E-state index in [0.717, 1.165) is 19.3 Å². The first-order valence-electron chi connectivity index (χ1n) is 5.05. The van der Waals surface area contributed by atoms with Crippen molar-refractivity contribution in [2.24, 2.45) is 0 Å². The lowest BCUT2D eigenvalue weighted by Crippen LogP contribution is -1.87. The summed E-state index contributed by atoms with van der Waals surface area (Å²) in [5.74, 6) is 3.69. The molecule has 2 heteroatoms. The monoisotopic (exact) mass is 202 g/mol. The molecule has 1 aromatic rings. The molecule has 0 unspecified atom stereocenters. The van der Waals surface area contributed by atoms with Crippen LogP contribution < -0.4 is 0 Å². The van der Waals surface area contributed by atoms with Crippen molar-refractivity contribution in [2.75, 3.05) is 0 Å². The van der Waals surface area contributed by atoms with Crippen LogP contribution in [-0.2, 0) is 11.2 Å². The molecule has 0 saturated carbocycles. The molecule has 0 atom stereocenters. The number of benzene rings is 1. The van der Waals surface area contributed by atoms with Crippen molar-refractivity contribution < 1.29 is 9.90 Å². The van der Waals surface area contributed by atoms with Crippen molar-refractivity contribution in [3.63, 3.8) is 0 Å². The first-order valence-corrected chi connectivity index (χ1v) is 5.05. The van der Waals surface area contributed by atoms with Gasteiger partial charge in [-0.05, 0) is 24.8 Å². The van der Waals surface area contributed by atoms with Gasteiger partial charge >= 0.3 is 5.97 Å². The molecule has 0 bridgehead atoms. The minimum absolute atomic E-state index is 0.666. The minimum Gasteiger partial charge on any atom is -0.472 e. The molecule has 1 aromatic carbocycles. The SMILES string of the molecule is O=C(O)C#CCCCCc1ccccc1. The number of carboxylic acids is 1. The summed E-state index contributed by atoms with van der Waals surface area (Å²) < 4.78 is 0. The Kier molecular flexibility index (Phi) is 5.03. The van der Waals surface area contributed by atoms with Crippen LogP contribution in [0, 0.1) is 11.8 Å². The van der Waals surface area contributed by atoms with Crippen LogP contribution in [0.3, 0.4) is 0 Å². The maximum atomic E-state index is 10.1. The number of unbranched alkanes of at least 4 members (excludes halogenated alkanes) is 2. The van der Waals surface area contributed by atoms with E-state index in [1.165, 1.54) is 5.56 Å². The van der Waals surface area contributed by atoms with Crippen LogP contribution in [0.1, 0.15) is 24.8 Å². The third-order valence-corrected chi connectivity index (χ3v) is 2.06. The molecule has 0 fully saturated rings. The number of carboxylic acid groups (broad SMARTS) is 1. The lowest BCUT2D eigenvalue weighted by molar-refractivity contribution is -0.130. The van der Waals surface area contributed by atoms with E-state index in [2.05, 4.69) is 24.0 Å². The van der Waals surface area contributed by atoms with E-state index in [4.69, 9.17) is 5.11 Å². The molecule has 1 rings (SSSR count). The third kappa shape index (κ3) is 5.53. The second-order valence-corrected chi connectivity index (χ2v) is 3.30. The standard InChI is InChI=1S/C13H14O2/c14-13(15)11-7-2-1-4-8-12-9-5-3-6-10-12/h3,5-6,9-10H,1-2,4,8H2,(H,14,15). The topological polar surface area (TPSA) is 37.3 Å². The van der Waals surface area contributed by atoms with Crippen molar-refractivity contribution >= 4 is 5.97 Å². The van der Waals surface area contributed by atoms with Gasteiger partial charge in [-0.3, -0.25) is 0 Å². The molecule has 0 heterocycles. The second-order valence-electron chi connectivity index (χ2n) is 3.30. The molecular weight excluding hydrogens is 188 g/mol. The van der Waals surface area contributed by atoms with E-state index in [-0.39, 0.29) is 0 Å². The van der Waals surface area contributed by atoms with Crippen LogP contribution in [-0.4, -0.2) is 11.1 Å². The number of aryl methyl sites for hydroxylation is 1. The highest BCUT2D eigenvalue weighted by atomic mass is 16.4. The average molecular weight is 202 g/mol. The molecule has 78 valence electrons. The highest BCUT2D eigenvalue weighted by Crippen LogP contribution is 2.05. The molecule has 2 nitrogen and oxygen atoms in total. The Labute approximate surface area is 89.9 Å². The van der Waals surface area contributed by atoms with Gasteiger partial charge in [0.25, 0.3) is 0 Å². The van der Waals surface area contributed by atoms with Crippen LogP contribution in [0.5, 0.6) is 0 Å². The Hall–Kier alpha value is -1.75. The van der Waals surface area contributed by atoms with Gasteiger partial charge in [0.05, 0.1) is 0 Å². The van der Waals surface area contributed by atoms with E-state index >= 15 is 0 Å². The third-order valence-electron chi connectivity index (χ3n) is 2.06. The number of rotatable bonds is 4. The van der Waals surface area contributed by atoms with Gasteiger partial charge in [0.2, 0.25) is 0 Å². The summed E-state index contributed by atoms with van der Waals surface area (Å²) in [6.07, 6.45) is 3.71. The van der Waals surface area contributed by atoms with Crippen LogP contribution in [0.2, 0.25) is 0 Å². The zero-order chi connectivity index (χ0) is 10.9. The number of hydrogen-bond donors (Lipinski definition) is 1. The summed E-state index contributed by atoms with van der Waals surface area (Å²) in [6, 6.07) is 10.3. The van der Waals surface area contributed by atoms with Crippen LogP contribution in [0.15, 0.2) is 30.3 Å². The molecule has 1 N–H and O–H groups in total. The zero-order valence-electron chi connectivity index (χ0n) is 8.57. The molecular formula is C13H14O2. The highest BCUT2D eigenvalue weighted by Gasteiger charge is 1.91. The van der Waals surface area contributed by atoms with Gasteiger partial charge < -0.3 is 5.11 Å². The van der Waals surface area contributed by atoms with Gasteiger partial charge in [-0.1, -0.05) is 36.3 Å². The normalized spacial score (nSPS) is 9.07. The van der Waals surface area contributed by atoms with E-state index in [9.17, 15) is 4.79 Å². The van der Waals surface area contributed by atoms with Gasteiger partial charge in [0.15, 0.2) is 0 Å². The van der Waals surface area contributed by atoms with Crippen LogP contribution in [0.4, 0.5) is 0 Å². The van der Waals surface area contributed by atoms with Crippen molar-refractivity contribution in [3.8, 4) is 11.8 Å². The maximum absolute atomic E-state index is 10.1. The first kappa shape index (κ1) is 11.3. The van der Waals surface area contributed by atoms with Gasteiger partial charge in [-0.2, -0.15) is 0 Å². The van der Waals surface area contributed by atoms with Crippen molar-refractivity contribution in [1.82, 2.24) is 0 Å². The average Bonchev–Trinajstić information content (AvgIpc) is 2.24. The molecule has 0 aromatic heterocycles. The Morgan fingerprint density at radius 1 is 1.20 bits per heavy atom. The summed E-state index contributed by atoms with van der Waals surface area (Å²) >= 11 is 0. The van der Waals surface area contributed by atoms with Crippen LogP contribution >= 0.6 is 0 Å². The van der Waals surface area contributed by atoms with Gasteiger partial charge in [-0.15, -0.1) is 0 Å². The number of aliphatic carboxylic acids is 1. The molecule has 0 radical (unpaired) electrons. The summed E-state index contributed by atoms with van der Waals surface area (Å²) in [6.45, 7) is 0. The highest BCUT2D eigenvalue weighted by molar-refractivity contribution is 5.86. The summed E-state index contributed by atoms with van der Waals surface area (Å²) in [7, 11) is 0. The van der Waals surface area contributed by atoms with E-state index < -0.39 is 5.97 Å². The van der Waals surface area contributed by atoms with Gasteiger partial charge in [-0.25, -0.2) is 4.79 Å². The van der Waals surface area contributed by atoms with Gasteiger partial charge in [0, 0.05) is 12.3 Å². The molecule has 15 heavy (non-hydrogen) atoms. The number of hydrogen-bond acceptors (Lipinski definition) is 1. The Bertz CT molecular complexity index is 357. The predicted octanol–water partition coefficient (Wildman–Crippen LogP) is 2.49. The Balaban J connectivity index is 2.13. The second kappa shape index (κ2) is 6.67. The predicted molar refractivity (Wildman–Crippen MR) is 59.4 cm³/mol. The molecule has 0 aliphatic carbocycles. The van der Waals surface area contributed by atoms with Gasteiger partial charge in [0.1, 0.15) is 0 Å². The van der Waals surface area contributed by atoms with Crippen molar-refractivity contribution in [3.05, 3.63) is 35.9 Å². The summed E-state index contributed by atoms with van der Waals surface area (Å²) in [5, 5.41) is 8.27. The lowest BCUT2D eigenvalue weighted by atomic mass is 10.1. The summed E-state index contributed by atoms with van der Waals surface area (Å²) in [5.41, 5.74) is 1.32. The van der Waals surface area contributed by atoms with E-state index in [1.54, 1.807) is 0 Å². The minimum atomic E-state index is -1.04. The maximum Gasteiger partial charge on any atom is 0.381 e. The molecule has 0 saturated heterocycles. The molecule has 0 aliphatic heterocycles. The van der Waals surface area contributed by atoms with Crippen molar-refractivity contribution in [2.45, 2.75) is 25.7 Å². The van der Waals surface area contributed by atoms with Crippen LogP contribution in [0.25, 0.3) is 0 Å². The Morgan fingerprint density at radius 3 is 2.60 bits per heavy atom. The fraction of sp³-hybridized carbons (Fsp3) is 0.308. The van der Waals surface area contributed by atoms with E-state index in [0.29, 0.717) is 6.42 Å². The fourth-order valence-electron chi connectivity index (χ4n) is 1.33. The zero-order valence-corrected chi connectivity index (χ0v) is 8.57. The first-order chi connectivity index (χ1) is 7.29. The Morgan fingerprint density at radius 2 is 1.93 bits per heavy atom. The number of carbonyl (C=O) groups is 1. The molecule has 0 aliphatic rings. The quantitative estimate of drug-likeness (QED) is 0.601. The summed E-state index contributed by atoms with van der Waals surface area (Å²) in [4.78, 5) is 10.1. The molecule has 0 spiro atoms. The fourth-order valence-corrected chi connectivity index (χ4v) is 1.33. The smallest absolute Gasteiger partial charge is 0.381 e. The van der Waals surface area contributed by atoms with E-state index in [1.807, 2.05) is 18.2 Å². The van der Waals surface area contributed by atoms with Crippen molar-refractivity contribution in [1.29, 1.82) is 0 Å². The molecule has 0 amide bonds. The lowest BCUT2D eigenvalue weighted by Gasteiger charge is -1.98.